The van der Waals surface area contributed by atoms with Gasteiger partial charge in [0.2, 0.25) is 0 Å². The first kappa shape index (κ1) is 17.8. The molecular weight excluding hydrogens is 293 g/mol. The third-order valence-corrected chi connectivity index (χ3v) is 4.18. The summed E-state index contributed by atoms with van der Waals surface area (Å²) in [6.45, 7) is 9.31. The molecule has 1 aromatic rings. The molecule has 0 amide bonds. The van der Waals surface area contributed by atoms with E-state index in [0.717, 1.165) is 41.7 Å². The molecule has 2 nitrogen and oxygen atoms in total. The van der Waals surface area contributed by atoms with E-state index in [1.165, 1.54) is 0 Å². The first-order chi connectivity index (χ1) is 9.34. The maximum absolute atomic E-state index is 6.28. The van der Waals surface area contributed by atoms with E-state index >= 15 is 0 Å². The third kappa shape index (κ3) is 6.01. The molecule has 0 bridgehead atoms. The highest BCUT2D eigenvalue weighted by atomic mass is 35.5. The molecule has 0 spiro atoms. The molecule has 0 aromatic heterocycles. The topological polar surface area (TPSA) is 21.3 Å². The van der Waals surface area contributed by atoms with Gasteiger partial charge in [-0.2, -0.15) is 0 Å². The highest BCUT2D eigenvalue weighted by Crippen LogP contribution is 2.31. The van der Waals surface area contributed by atoms with Crippen LogP contribution in [0.15, 0.2) is 18.2 Å². The smallest absolute Gasteiger partial charge is 0.0587 e. The average molecular weight is 318 g/mol. The number of methoxy groups -OCH3 is 1. The zero-order valence-electron chi connectivity index (χ0n) is 12.8. The van der Waals surface area contributed by atoms with Crippen LogP contribution in [0.25, 0.3) is 0 Å². The molecule has 1 rings (SSSR count). The first-order valence-corrected chi connectivity index (χ1v) is 7.73. The van der Waals surface area contributed by atoms with Crippen LogP contribution in [0.4, 0.5) is 0 Å². The lowest BCUT2D eigenvalue weighted by Crippen LogP contribution is -2.34. The van der Waals surface area contributed by atoms with Crippen LogP contribution >= 0.6 is 23.2 Å². The van der Waals surface area contributed by atoms with Crippen LogP contribution in [0.5, 0.6) is 0 Å². The summed E-state index contributed by atoms with van der Waals surface area (Å²) in [4.78, 5) is 0. The molecule has 20 heavy (non-hydrogen) atoms. The van der Waals surface area contributed by atoms with Gasteiger partial charge in [0.1, 0.15) is 0 Å². The second-order valence-corrected chi connectivity index (χ2v) is 7.04. The summed E-state index contributed by atoms with van der Waals surface area (Å²) < 4.78 is 5.06. The van der Waals surface area contributed by atoms with Crippen LogP contribution in [0.1, 0.15) is 26.3 Å². The van der Waals surface area contributed by atoms with Crippen molar-refractivity contribution >= 4 is 23.2 Å². The van der Waals surface area contributed by atoms with Crippen LogP contribution in [0.3, 0.4) is 0 Å². The van der Waals surface area contributed by atoms with E-state index in [9.17, 15) is 0 Å². The molecule has 0 fully saturated rings. The lowest BCUT2D eigenvalue weighted by atomic mass is 9.77. The molecule has 1 N–H and O–H groups in total. The molecule has 0 heterocycles. The van der Waals surface area contributed by atoms with E-state index in [0.29, 0.717) is 5.92 Å². The van der Waals surface area contributed by atoms with Gasteiger partial charge < -0.3 is 10.1 Å². The maximum atomic E-state index is 6.28. The van der Waals surface area contributed by atoms with E-state index in [1.807, 2.05) is 18.2 Å². The van der Waals surface area contributed by atoms with Gasteiger partial charge in [-0.15, -0.1) is 0 Å². The Bertz CT molecular complexity index is 415. The maximum Gasteiger partial charge on any atom is 0.0587 e. The Morgan fingerprint density at radius 2 is 1.95 bits per heavy atom. The fourth-order valence-corrected chi connectivity index (χ4v) is 2.49. The Hall–Kier alpha value is -0.280. The Balaban J connectivity index is 2.71. The van der Waals surface area contributed by atoms with E-state index in [1.54, 1.807) is 7.11 Å². The number of rotatable bonds is 7. The molecule has 1 unspecified atom stereocenters. The van der Waals surface area contributed by atoms with Crippen LogP contribution in [0.2, 0.25) is 10.0 Å². The summed E-state index contributed by atoms with van der Waals surface area (Å²) in [5.74, 6) is 0.482. The Labute approximate surface area is 132 Å². The fourth-order valence-electron chi connectivity index (χ4n) is 2.10. The monoisotopic (exact) mass is 317 g/mol. The second kappa shape index (κ2) is 8.23. The molecular formula is C16H25Cl2NO. The van der Waals surface area contributed by atoms with Gasteiger partial charge in [0, 0.05) is 23.7 Å². The molecule has 114 valence electrons. The molecule has 4 heteroatoms. The van der Waals surface area contributed by atoms with Crippen molar-refractivity contribution in [1.29, 1.82) is 0 Å². The normalized spacial score (nSPS) is 13.5. The summed E-state index contributed by atoms with van der Waals surface area (Å²) in [5, 5.41) is 4.98. The minimum Gasteiger partial charge on any atom is -0.383 e. The summed E-state index contributed by atoms with van der Waals surface area (Å²) in [6, 6.07) is 5.67. The highest BCUT2D eigenvalue weighted by Gasteiger charge is 2.25. The molecule has 1 aromatic carbocycles. The summed E-state index contributed by atoms with van der Waals surface area (Å²) >= 11 is 12.3. The second-order valence-electron chi connectivity index (χ2n) is 6.20. The third-order valence-electron chi connectivity index (χ3n) is 3.57. The minimum absolute atomic E-state index is 0.200. The molecule has 0 aliphatic rings. The fraction of sp³-hybridized carbons (Fsp3) is 0.625. The Morgan fingerprint density at radius 1 is 1.25 bits per heavy atom. The van der Waals surface area contributed by atoms with Crippen molar-refractivity contribution in [3.05, 3.63) is 33.8 Å². The Kier molecular flexibility index (Phi) is 7.32. The highest BCUT2D eigenvalue weighted by molar-refractivity contribution is 6.33. The first-order valence-electron chi connectivity index (χ1n) is 6.98. The zero-order valence-corrected chi connectivity index (χ0v) is 14.3. The summed E-state index contributed by atoms with van der Waals surface area (Å²) in [5.41, 5.74) is 1.32. The van der Waals surface area contributed by atoms with Gasteiger partial charge in [0.25, 0.3) is 0 Å². The quantitative estimate of drug-likeness (QED) is 0.751. The van der Waals surface area contributed by atoms with Gasteiger partial charge in [0.15, 0.2) is 0 Å². The summed E-state index contributed by atoms with van der Waals surface area (Å²) in [6.07, 6.45) is 0.920. The molecule has 0 saturated carbocycles. The van der Waals surface area contributed by atoms with Crippen molar-refractivity contribution in [2.24, 2.45) is 11.3 Å². The zero-order chi connectivity index (χ0) is 15.2. The number of hydrogen-bond acceptors (Lipinski definition) is 2. The van der Waals surface area contributed by atoms with Gasteiger partial charge in [-0.05, 0) is 48.1 Å². The SMILES string of the molecule is COCCNCC(Cc1cc(Cl)ccc1Cl)C(C)(C)C. The van der Waals surface area contributed by atoms with E-state index in [4.69, 9.17) is 27.9 Å². The van der Waals surface area contributed by atoms with Crippen molar-refractivity contribution in [3.8, 4) is 0 Å². The van der Waals surface area contributed by atoms with Crippen LogP contribution in [0, 0.1) is 11.3 Å². The van der Waals surface area contributed by atoms with E-state index in [-0.39, 0.29) is 5.41 Å². The summed E-state index contributed by atoms with van der Waals surface area (Å²) in [7, 11) is 1.72. The van der Waals surface area contributed by atoms with Gasteiger partial charge in [-0.1, -0.05) is 44.0 Å². The van der Waals surface area contributed by atoms with E-state index in [2.05, 4.69) is 26.1 Å². The van der Waals surface area contributed by atoms with Gasteiger partial charge in [-0.3, -0.25) is 0 Å². The molecule has 0 aliphatic carbocycles. The predicted molar refractivity (Wildman–Crippen MR) is 87.9 cm³/mol. The number of nitrogens with one attached hydrogen (secondary N) is 1. The predicted octanol–water partition coefficient (Wildman–Crippen LogP) is 4.43. The van der Waals surface area contributed by atoms with Crippen LogP contribution < -0.4 is 5.32 Å². The molecule has 0 radical (unpaired) electrons. The largest absolute Gasteiger partial charge is 0.383 e. The van der Waals surface area contributed by atoms with Crippen molar-refractivity contribution in [2.45, 2.75) is 27.2 Å². The number of ether oxygens (including phenoxy) is 1. The number of halogens is 2. The lowest BCUT2D eigenvalue weighted by Gasteiger charge is -2.31. The Morgan fingerprint density at radius 3 is 2.55 bits per heavy atom. The van der Waals surface area contributed by atoms with Crippen molar-refractivity contribution < 1.29 is 4.74 Å². The number of benzene rings is 1. The van der Waals surface area contributed by atoms with Crippen LogP contribution in [-0.4, -0.2) is 26.8 Å². The number of hydrogen-bond donors (Lipinski definition) is 1. The van der Waals surface area contributed by atoms with Crippen molar-refractivity contribution in [2.75, 3.05) is 26.8 Å². The lowest BCUT2D eigenvalue weighted by molar-refractivity contribution is 0.186. The van der Waals surface area contributed by atoms with Gasteiger partial charge >= 0.3 is 0 Å². The van der Waals surface area contributed by atoms with E-state index < -0.39 is 0 Å². The molecule has 0 saturated heterocycles. The van der Waals surface area contributed by atoms with Gasteiger partial charge in [0.05, 0.1) is 6.61 Å². The average Bonchev–Trinajstić information content (AvgIpc) is 2.36. The van der Waals surface area contributed by atoms with Crippen molar-refractivity contribution in [1.82, 2.24) is 5.32 Å². The molecule has 0 aliphatic heterocycles. The molecule has 1 atom stereocenters. The standard InChI is InChI=1S/C16H25Cl2NO/c1-16(2,3)13(11-19-7-8-20-4)9-12-10-14(17)5-6-15(12)18/h5-6,10,13,19H,7-9,11H2,1-4H3. The van der Waals surface area contributed by atoms with Gasteiger partial charge in [-0.25, -0.2) is 0 Å². The van der Waals surface area contributed by atoms with Crippen LogP contribution in [-0.2, 0) is 11.2 Å². The minimum atomic E-state index is 0.200. The van der Waals surface area contributed by atoms with Crippen molar-refractivity contribution in [3.63, 3.8) is 0 Å².